The largest absolute Gasteiger partial charge is 0.338 e. The van der Waals surface area contributed by atoms with Gasteiger partial charge in [0, 0.05) is 8.41 Å². The molecule has 2 rings (SSSR count). The Balaban J connectivity index is 0.000000980. The molecule has 1 heterocycles. The van der Waals surface area contributed by atoms with E-state index in [0.29, 0.717) is 0 Å². The normalized spacial score (nSPS) is 10.7. The Bertz CT molecular complexity index is 457. The fraction of sp³-hybridized carbons (Fsp3) is 0.182. The van der Waals surface area contributed by atoms with E-state index in [1.54, 1.807) is 0 Å². The zero-order valence-electron chi connectivity index (χ0n) is 8.41. The lowest BCUT2D eigenvalue weighted by atomic mass is 10.2. The summed E-state index contributed by atoms with van der Waals surface area (Å²) in [5.74, 6) is 0.920. The Labute approximate surface area is 85.6 Å². The average molecular weight is 183 g/mol. The number of aryl methyl sites for hydroxylation is 1. The van der Waals surface area contributed by atoms with Crippen molar-refractivity contribution >= 4 is 25.5 Å². The summed E-state index contributed by atoms with van der Waals surface area (Å²) in [6, 6.07) is 6.21. The van der Waals surface area contributed by atoms with Crippen LogP contribution in [0.4, 0.5) is 0 Å². The Hall–Kier alpha value is -1.51. The Kier molecular flexibility index (Phi) is 3.12. The maximum Gasteiger partial charge on any atom is 0.130 e. The molecule has 69 valence electrons. The molecule has 0 fully saturated rings. The fourth-order valence-corrected chi connectivity index (χ4v) is 1.38. The molecule has 1 N–H and O–H groups in total. The first kappa shape index (κ1) is 10.6. The molecule has 0 amide bonds. The zero-order valence-corrected chi connectivity index (χ0v) is 8.41. The van der Waals surface area contributed by atoms with E-state index in [-0.39, 0.29) is 8.41 Å². The molecule has 3 heteroatoms. The highest BCUT2D eigenvalue weighted by atomic mass is 14.9. The van der Waals surface area contributed by atoms with Crippen LogP contribution in [0.3, 0.4) is 0 Å². The number of fused-ring (bicyclic) bond motifs is 1. The van der Waals surface area contributed by atoms with Crippen LogP contribution >= 0.6 is 0 Å². The lowest BCUT2D eigenvalue weighted by Gasteiger charge is -1.89. The molecule has 2 aromatic rings. The second kappa shape index (κ2) is 4.14. The highest BCUT2D eigenvalue weighted by Gasteiger charge is 1.98. The lowest BCUT2D eigenvalue weighted by Crippen LogP contribution is -1.71. The average Bonchev–Trinajstić information content (AvgIpc) is 2.46. The van der Waals surface area contributed by atoms with E-state index in [0.717, 1.165) is 16.9 Å². The third-order valence-corrected chi connectivity index (χ3v) is 1.98. The summed E-state index contributed by atoms with van der Waals surface area (Å²) < 4.78 is 0. The van der Waals surface area contributed by atoms with E-state index < -0.39 is 0 Å². The summed E-state index contributed by atoms with van der Waals surface area (Å²) in [7, 11) is 0. The summed E-state index contributed by atoms with van der Waals surface area (Å²) in [5, 5.41) is 0. The standard InChI is InChI=1S/C11H12N2.B/c1-3-4-11-12-9-6-5-8(2)7-10(9)13-11;/h3-7H,1-2H3,(H,12,13);/b4-3+;. The predicted octanol–water partition coefficient (Wildman–Crippen LogP) is 2.52. The first-order chi connectivity index (χ1) is 6.29. The molecule has 1 aromatic carbocycles. The van der Waals surface area contributed by atoms with Crippen molar-refractivity contribution in [3.8, 4) is 0 Å². The molecule has 14 heavy (non-hydrogen) atoms. The van der Waals surface area contributed by atoms with Gasteiger partial charge in [-0.3, -0.25) is 0 Å². The van der Waals surface area contributed by atoms with Crippen molar-refractivity contribution in [1.82, 2.24) is 9.97 Å². The highest BCUT2D eigenvalue weighted by Crippen LogP contribution is 2.13. The van der Waals surface area contributed by atoms with Gasteiger partial charge in [-0.2, -0.15) is 0 Å². The molecule has 0 aliphatic rings. The third kappa shape index (κ3) is 1.87. The molecule has 3 radical (unpaired) electrons. The topological polar surface area (TPSA) is 28.7 Å². The van der Waals surface area contributed by atoms with Crippen molar-refractivity contribution in [2.75, 3.05) is 0 Å². The molecule has 0 aliphatic heterocycles. The monoisotopic (exact) mass is 183 g/mol. The Morgan fingerprint density at radius 3 is 2.86 bits per heavy atom. The van der Waals surface area contributed by atoms with Crippen molar-refractivity contribution in [3.05, 3.63) is 35.7 Å². The quantitative estimate of drug-likeness (QED) is 0.676. The van der Waals surface area contributed by atoms with Gasteiger partial charge in [0.05, 0.1) is 11.0 Å². The minimum Gasteiger partial charge on any atom is -0.338 e. The molecule has 0 saturated heterocycles. The molecule has 0 unspecified atom stereocenters. The SMILES string of the molecule is C/C=C/c1nc2ccc(C)cc2[nH]1.[B]. The van der Waals surface area contributed by atoms with Crippen LogP contribution < -0.4 is 0 Å². The molecule has 0 aliphatic carbocycles. The first-order valence-electron chi connectivity index (χ1n) is 4.38. The molecule has 1 aromatic heterocycles. The van der Waals surface area contributed by atoms with Crippen LogP contribution in [-0.4, -0.2) is 18.4 Å². The van der Waals surface area contributed by atoms with Crippen molar-refractivity contribution in [3.63, 3.8) is 0 Å². The fourth-order valence-electron chi connectivity index (χ4n) is 1.38. The van der Waals surface area contributed by atoms with E-state index in [1.165, 1.54) is 5.56 Å². The summed E-state index contributed by atoms with van der Waals surface area (Å²) in [6.07, 6.45) is 3.94. The van der Waals surface area contributed by atoms with Gasteiger partial charge < -0.3 is 4.98 Å². The lowest BCUT2D eigenvalue weighted by molar-refractivity contribution is 1.29. The number of aromatic amines is 1. The highest BCUT2D eigenvalue weighted by molar-refractivity contribution is 5.77. The van der Waals surface area contributed by atoms with Crippen LogP contribution in [0.25, 0.3) is 17.1 Å². The molecular weight excluding hydrogens is 171 g/mol. The number of imidazole rings is 1. The number of nitrogens with one attached hydrogen (secondary N) is 1. The van der Waals surface area contributed by atoms with Crippen LogP contribution in [-0.2, 0) is 0 Å². The van der Waals surface area contributed by atoms with Crippen LogP contribution in [0.5, 0.6) is 0 Å². The Morgan fingerprint density at radius 1 is 1.36 bits per heavy atom. The number of benzene rings is 1. The van der Waals surface area contributed by atoms with Gasteiger partial charge in [-0.05, 0) is 37.6 Å². The summed E-state index contributed by atoms with van der Waals surface area (Å²) >= 11 is 0. The first-order valence-corrected chi connectivity index (χ1v) is 4.38. The van der Waals surface area contributed by atoms with Crippen LogP contribution in [0.15, 0.2) is 24.3 Å². The third-order valence-electron chi connectivity index (χ3n) is 1.98. The summed E-state index contributed by atoms with van der Waals surface area (Å²) in [4.78, 5) is 7.64. The number of nitrogens with zero attached hydrogens (tertiary/aromatic N) is 1. The molecule has 0 saturated carbocycles. The number of aromatic nitrogens is 2. The van der Waals surface area contributed by atoms with Crippen LogP contribution in [0.1, 0.15) is 18.3 Å². The van der Waals surface area contributed by atoms with Crippen molar-refractivity contribution in [1.29, 1.82) is 0 Å². The molecule has 2 nitrogen and oxygen atoms in total. The molecule has 0 atom stereocenters. The van der Waals surface area contributed by atoms with Crippen LogP contribution in [0, 0.1) is 6.92 Å². The number of hydrogen-bond acceptors (Lipinski definition) is 1. The number of rotatable bonds is 1. The Morgan fingerprint density at radius 2 is 2.14 bits per heavy atom. The maximum absolute atomic E-state index is 4.40. The molecule has 0 spiro atoms. The van der Waals surface area contributed by atoms with Gasteiger partial charge in [0.25, 0.3) is 0 Å². The number of allylic oxidation sites excluding steroid dienone is 1. The number of H-pyrrole nitrogens is 1. The van der Waals surface area contributed by atoms with Crippen molar-refractivity contribution < 1.29 is 0 Å². The minimum atomic E-state index is 0. The second-order valence-corrected chi connectivity index (χ2v) is 3.14. The van der Waals surface area contributed by atoms with E-state index in [2.05, 4.69) is 29.0 Å². The van der Waals surface area contributed by atoms with E-state index in [9.17, 15) is 0 Å². The second-order valence-electron chi connectivity index (χ2n) is 3.14. The minimum absolute atomic E-state index is 0. The summed E-state index contributed by atoms with van der Waals surface area (Å²) in [6.45, 7) is 4.06. The van der Waals surface area contributed by atoms with Crippen molar-refractivity contribution in [2.24, 2.45) is 0 Å². The van der Waals surface area contributed by atoms with E-state index >= 15 is 0 Å². The molecule has 0 bridgehead atoms. The van der Waals surface area contributed by atoms with Gasteiger partial charge >= 0.3 is 0 Å². The van der Waals surface area contributed by atoms with Gasteiger partial charge in [-0.15, -0.1) is 0 Å². The van der Waals surface area contributed by atoms with Gasteiger partial charge in [0.1, 0.15) is 5.82 Å². The maximum atomic E-state index is 4.40. The predicted molar refractivity (Wildman–Crippen MR) is 61.3 cm³/mol. The van der Waals surface area contributed by atoms with Gasteiger partial charge in [-0.25, -0.2) is 4.98 Å². The molecular formula is C11H12BN2. The van der Waals surface area contributed by atoms with E-state index in [4.69, 9.17) is 0 Å². The number of hydrogen-bond donors (Lipinski definition) is 1. The van der Waals surface area contributed by atoms with Crippen molar-refractivity contribution in [2.45, 2.75) is 13.8 Å². The zero-order chi connectivity index (χ0) is 9.26. The smallest absolute Gasteiger partial charge is 0.130 e. The van der Waals surface area contributed by atoms with Gasteiger partial charge in [0.2, 0.25) is 0 Å². The van der Waals surface area contributed by atoms with Gasteiger partial charge in [0.15, 0.2) is 0 Å². The van der Waals surface area contributed by atoms with E-state index in [1.807, 2.05) is 25.1 Å². The summed E-state index contributed by atoms with van der Waals surface area (Å²) in [5.41, 5.74) is 3.38. The van der Waals surface area contributed by atoms with Crippen LogP contribution in [0.2, 0.25) is 0 Å². The van der Waals surface area contributed by atoms with Gasteiger partial charge in [-0.1, -0.05) is 12.1 Å².